The molecule has 0 aliphatic carbocycles. The van der Waals surface area contributed by atoms with E-state index in [9.17, 15) is 19.1 Å². The molecule has 0 radical (unpaired) electrons. The molecule has 1 N–H and O–H groups in total. The second-order valence-electron chi connectivity index (χ2n) is 7.44. The fourth-order valence-electron chi connectivity index (χ4n) is 3.48. The molecule has 1 aliphatic heterocycles. The number of ketones is 1. The van der Waals surface area contributed by atoms with Crippen molar-refractivity contribution in [2.75, 3.05) is 13.2 Å². The topological polar surface area (TPSA) is 66.8 Å². The third-order valence-electron chi connectivity index (χ3n) is 4.91. The minimum Gasteiger partial charge on any atom is -0.507 e. The summed E-state index contributed by atoms with van der Waals surface area (Å²) in [5.74, 6) is -2.44. The van der Waals surface area contributed by atoms with Gasteiger partial charge in [0.25, 0.3) is 11.7 Å². The average Bonchev–Trinajstić information content (AvgIpc) is 2.96. The standard InChI is InChI=1S/C23H22Cl2FNO4/c1-13(2)31-11-3-10-27-20(14-4-7-16(26)8-5-14)19(22(29)23(27)30)21(28)17-9-6-15(24)12-18(17)25/h4-9,12-13,20,28H,3,10-11H2,1-2H3/b21-19-. The first kappa shape index (κ1) is 23.3. The zero-order valence-corrected chi connectivity index (χ0v) is 18.6. The molecule has 0 saturated carbocycles. The number of aliphatic hydroxyl groups is 1. The van der Waals surface area contributed by atoms with Crippen LogP contribution in [0.25, 0.3) is 5.76 Å². The van der Waals surface area contributed by atoms with Crippen molar-refractivity contribution in [2.45, 2.75) is 32.4 Å². The van der Waals surface area contributed by atoms with E-state index in [1.165, 1.54) is 47.4 Å². The highest BCUT2D eigenvalue weighted by molar-refractivity contribution is 6.47. The van der Waals surface area contributed by atoms with Crippen molar-refractivity contribution in [1.29, 1.82) is 0 Å². The molecule has 1 saturated heterocycles. The van der Waals surface area contributed by atoms with Crippen molar-refractivity contribution >= 4 is 40.7 Å². The fraction of sp³-hybridized carbons (Fsp3) is 0.304. The lowest BCUT2D eigenvalue weighted by Crippen LogP contribution is -2.31. The number of nitrogens with zero attached hydrogens (tertiary/aromatic N) is 1. The van der Waals surface area contributed by atoms with Crippen LogP contribution in [0, 0.1) is 5.82 Å². The second-order valence-corrected chi connectivity index (χ2v) is 8.28. The van der Waals surface area contributed by atoms with E-state index in [0.29, 0.717) is 23.6 Å². The van der Waals surface area contributed by atoms with Gasteiger partial charge in [0.1, 0.15) is 11.6 Å². The summed E-state index contributed by atoms with van der Waals surface area (Å²) >= 11 is 12.1. The Balaban J connectivity index is 2.06. The van der Waals surface area contributed by atoms with E-state index < -0.39 is 29.3 Å². The summed E-state index contributed by atoms with van der Waals surface area (Å²) in [4.78, 5) is 27.1. The molecule has 1 fully saturated rings. The fourth-order valence-corrected chi connectivity index (χ4v) is 3.98. The van der Waals surface area contributed by atoms with E-state index in [2.05, 4.69) is 0 Å². The lowest BCUT2D eigenvalue weighted by Gasteiger charge is -2.25. The number of carbonyl (C=O) groups is 2. The van der Waals surface area contributed by atoms with Gasteiger partial charge in [0.2, 0.25) is 0 Å². The van der Waals surface area contributed by atoms with E-state index in [-0.39, 0.29) is 28.8 Å². The van der Waals surface area contributed by atoms with Crippen LogP contribution in [-0.2, 0) is 14.3 Å². The molecule has 1 unspecified atom stereocenters. The first-order valence-electron chi connectivity index (χ1n) is 9.81. The Bertz CT molecular complexity index is 1020. The molecule has 1 amide bonds. The molecule has 0 aromatic heterocycles. The molecule has 0 bridgehead atoms. The maximum atomic E-state index is 13.5. The van der Waals surface area contributed by atoms with Gasteiger partial charge in [0.15, 0.2) is 0 Å². The SMILES string of the molecule is CC(C)OCCCN1C(=O)C(=O)/C(=C(\O)c2ccc(Cl)cc2Cl)C1c1ccc(F)cc1. The van der Waals surface area contributed by atoms with Crippen molar-refractivity contribution in [2.24, 2.45) is 0 Å². The van der Waals surface area contributed by atoms with Gasteiger partial charge in [0, 0.05) is 23.7 Å². The van der Waals surface area contributed by atoms with E-state index >= 15 is 0 Å². The van der Waals surface area contributed by atoms with Crippen LogP contribution in [0.3, 0.4) is 0 Å². The molecule has 3 rings (SSSR count). The first-order valence-corrected chi connectivity index (χ1v) is 10.6. The predicted octanol–water partition coefficient (Wildman–Crippen LogP) is 5.37. The molecule has 1 aliphatic rings. The number of carbonyl (C=O) groups excluding carboxylic acids is 2. The van der Waals surface area contributed by atoms with Crippen LogP contribution in [-0.4, -0.2) is 41.0 Å². The molecular formula is C23H22Cl2FNO4. The first-order chi connectivity index (χ1) is 14.7. The highest BCUT2D eigenvalue weighted by Gasteiger charge is 2.46. The highest BCUT2D eigenvalue weighted by atomic mass is 35.5. The van der Waals surface area contributed by atoms with Crippen LogP contribution in [0.2, 0.25) is 10.0 Å². The van der Waals surface area contributed by atoms with E-state index in [1.54, 1.807) is 0 Å². The molecule has 164 valence electrons. The normalized spacial score (nSPS) is 18.3. The van der Waals surface area contributed by atoms with Gasteiger partial charge in [-0.25, -0.2) is 4.39 Å². The summed E-state index contributed by atoms with van der Waals surface area (Å²) in [6, 6.07) is 9.01. The van der Waals surface area contributed by atoms with Crippen molar-refractivity contribution in [3.8, 4) is 0 Å². The van der Waals surface area contributed by atoms with Gasteiger partial charge < -0.3 is 14.7 Å². The predicted molar refractivity (Wildman–Crippen MR) is 118 cm³/mol. The highest BCUT2D eigenvalue weighted by Crippen LogP contribution is 2.40. The molecule has 0 spiro atoms. The van der Waals surface area contributed by atoms with Crippen molar-refractivity contribution < 1.29 is 23.8 Å². The summed E-state index contributed by atoms with van der Waals surface area (Å²) in [5.41, 5.74) is 0.571. The quantitative estimate of drug-likeness (QED) is 0.258. The van der Waals surface area contributed by atoms with Crippen LogP contribution < -0.4 is 0 Å². The van der Waals surface area contributed by atoms with Crippen molar-refractivity contribution in [3.05, 3.63) is 75.0 Å². The van der Waals surface area contributed by atoms with Crippen LogP contribution in [0.15, 0.2) is 48.0 Å². The Labute approximate surface area is 190 Å². The molecule has 1 heterocycles. The lowest BCUT2D eigenvalue weighted by atomic mass is 9.95. The molecular weight excluding hydrogens is 444 g/mol. The number of amides is 1. The third kappa shape index (κ3) is 5.09. The van der Waals surface area contributed by atoms with Crippen LogP contribution >= 0.6 is 23.2 Å². The number of halogens is 3. The Morgan fingerprint density at radius 3 is 2.45 bits per heavy atom. The number of likely N-dealkylation sites (tertiary alicyclic amines) is 1. The Morgan fingerprint density at radius 1 is 1.16 bits per heavy atom. The number of Topliss-reactive ketones (excluding diaryl/α,β-unsaturated/α-hetero) is 1. The summed E-state index contributed by atoms with van der Waals surface area (Å²) in [6.07, 6.45) is 0.528. The second kappa shape index (κ2) is 9.81. The molecule has 31 heavy (non-hydrogen) atoms. The summed E-state index contributed by atoms with van der Waals surface area (Å²) in [6.45, 7) is 4.44. The Morgan fingerprint density at radius 2 is 1.84 bits per heavy atom. The van der Waals surface area contributed by atoms with Crippen molar-refractivity contribution in [1.82, 2.24) is 4.90 Å². The minimum absolute atomic E-state index is 0.0374. The number of hydrogen-bond donors (Lipinski definition) is 1. The Hall–Kier alpha value is -2.41. The van der Waals surface area contributed by atoms with E-state index in [1.807, 2.05) is 13.8 Å². The number of hydrogen-bond acceptors (Lipinski definition) is 4. The Kier molecular flexibility index (Phi) is 7.36. The molecule has 8 heteroatoms. The third-order valence-corrected chi connectivity index (χ3v) is 5.45. The summed E-state index contributed by atoms with van der Waals surface area (Å²) in [7, 11) is 0. The lowest BCUT2D eigenvalue weighted by molar-refractivity contribution is -0.140. The van der Waals surface area contributed by atoms with Crippen molar-refractivity contribution in [3.63, 3.8) is 0 Å². The summed E-state index contributed by atoms with van der Waals surface area (Å²) in [5, 5.41) is 11.5. The number of ether oxygens (including phenoxy) is 1. The van der Waals surface area contributed by atoms with Crippen LogP contribution in [0.1, 0.15) is 37.4 Å². The van der Waals surface area contributed by atoms with Crippen LogP contribution in [0.4, 0.5) is 4.39 Å². The maximum Gasteiger partial charge on any atom is 0.295 e. The van der Waals surface area contributed by atoms with Crippen LogP contribution in [0.5, 0.6) is 0 Å². The smallest absolute Gasteiger partial charge is 0.295 e. The van der Waals surface area contributed by atoms with Gasteiger partial charge in [-0.05, 0) is 56.2 Å². The van der Waals surface area contributed by atoms with Gasteiger partial charge in [-0.1, -0.05) is 35.3 Å². The van der Waals surface area contributed by atoms with E-state index in [4.69, 9.17) is 27.9 Å². The van der Waals surface area contributed by atoms with E-state index in [0.717, 1.165) is 0 Å². The van der Waals surface area contributed by atoms with Gasteiger partial charge in [-0.2, -0.15) is 0 Å². The van der Waals surface area contributed by atoms with Gasteiger partial charge in [0.05, 0.1) is 22.7 Å². The number of rotatable bonds is 7. The maximum absolute atomic E-state index is 13.5. The zero-order chi connectivity index (χ0) is 22.7. The molecule has 5 nitrogen and oxygen atoms in total. The average molecular weight is 466 g/mol. The minimum atomic E-state index is -0.883. The van der Waals surface area contributed by atoms with Gasteiger partial charge in [-0.3, -0.25) is 9.59 Å². The van der Waals surface area contributed by atoms with Gasteiger partial charge >= 0.3 is 0 Å². The van der Waals surface area contributed by atoms with Gasteiger partial charge in [-0.15, -0.1) is 0 Å². The monoisotopic (exact) mass is 465 g/mol. The largest absolute Gasteiger partial charge is 0.507 e. The molecule has 2 aromatic carbocycles. The number of benzene rings is 2. The number of aliphatic hydroxyl groups excluding tert-OH is 1. The summed E-state index contributed by atoms with van der Waals surface area (Å²) < 4.78 is 19.0. The zero-order valence-electron chi connectivity index (χ0n) is 17.1. The molecule has 1 atom stereocenters. The molecule has 2 aromatic rings.